The lowest BCUT2D eigenvalue weighted by Crippen LogP contribution is -2.27. The summed E-state index contributed by atoms with van der Waals surface area (Å²) in [6, 6.07) is 0. The third-order valence-electron chi connectivity index (χ3n) is 3.10. The molecule has 0 aliphatic heterocycles. The van der Waals surface area contributed by atoms with Crippen molar-refractivity contribution < 1.29 is 4.79 Å². The van der Waals surface area contributed by atoms with E-state index >= 15 is 0 Å². The molecule has 1 amide bonds. The molecule has 0 fully saturated rings. The number of allylic oxidation sites excluding steroid dienone is 2. The molecule has 15 heavy (non-hydrogen) atoms. The van der Waals surface area contributed by atoms with E-state index in [0.717, 1.165) is 30.9 Å². The van der Waals surface area contributed by atoms with Crippen LogP contribution in [0.3, 0.4) is 0 Å². The van der Waals surface area contributed by atoms with Crippen molar-refractivity contribution in [2.24, 2.45) is 11.3 Å². The van der Waals surface area contributed by atoms with E-state index in [2.05, 4.69) is 38.7 Å². The van der Waals surface area contributed by atoms with E-state index in [1.807, 2.05) is 0 Å². The van der Waals surface area contributed by atoms with Crippen LogP contribution in [0.25, 0.3) is 0 Å². The number of nitrogens with one attached hydrogen (secondary N) is 1. The minimum absolute atomic E-state index is 0.101. The number of carbonyl (C=O) groups excluding carboxylic acids is 1. The Morgan fingerprint density at radius 2 is 2.27 bits per heavy atom. The summed E-state index contributed by atoms with van der Waals surface area (Å²) >= 11 is 0. The molecule has 1 unspecified atom stereocenters. The first-order chi connectivity index (χ1) is 6.93. The molecule has 0 aromatic heterocycles. The second kappa shape index (κ2) is 4.65. The molecule has 2 nitrogen and oxygen atoms in total. The maximum absolute atomic E-state index is 11.1. The topological polar surface area (TPSA) is 29.1 Å². The van der Waals surface area contributed by atoms with Crippen molar-refractivity contribution in [2.75, 3.05) is 0 Å². The van der Waals surface area contributed by atoms with Gasteiger partial charge in [-0.15, -0.1) is 0 Å². The average molecular weight is 207 g/mol. The van der Waals surface area contributed by atoms with E-state index in [1.54, 1.807) is 0 Å². The van der Waals surface area contributed by atoms with Crippen LogP contribution in [-0.4, -0.2) is 5.91 Å². The lowest BCUT2D eigenvalue weighted by Gasteiger charge is -2.33. The highest BCUT2D eigenvalue weighted by atomic mass is 16.1. The van der Waals surface area contributed by atoms with Crippen LogP contribution in [-0.2, 0) is 4.79 Å². The molecule has 0 bridgehead atoms. The third-order valence-corrected chi connectivity index (χ3v) is 3.10. The van der Waals surface area contributed by atoms with Gasteiger partial charge in [0.05, 0.1) is 0 Å². The van der Waals surface area contributed by atoms with Gasteiger partial charge in [0.15, 0.2) is 0 Å². The van der Waals surface area contributed by atoms with Gasteiger partial charge in [-0.1, -0.05) is 33.4 Å². The molecular formula is C13H21NO. The van der Waals surface area contributed by atoms with E-state index < -0.39 is 0 Å². The Bertz CT molecular complexity index is 283. The Hall–Kier alpha value is -1.05. The van der Waals surface area contributed by atoms with Crippen molar-refractivity contribution in [2.45, 2.75) is 40.0 Å². The Kier molecular flexibility index (Phi) is 3.72. The maximum atomic E-state index is 11.1. The van der Waals surface area contributed by atoms with Gasteiger partial charge in [0, 0.05) is 5.70 Å². The van der Waals surface area contributed by atoms with Gasteiger partial charge in [0.2, 0.25) is 5.91 Å². The van der Waals surface area contributed by atoms with Gasteiger partial charge in [-0.05, 0) is 36.7 Å². The van der Waals surface area contributed by atoms with Crippen LogP contribution in [0, 0.1) is 11.3 Å². The first kappa shape index (κ1) is 12.0. The molecule has 1 N–H and O–H groups in total. The zero-order chi connectivity index (χ0) is 11.5. The van der Waals surface area contributed by atoms with Crippen LogP contribution in [0.5, 0.6) is 0 Å². The van der Waals surface area contributed by atoms with Crippen molar-refractivity contribution in [3.05, 3.63) is 24.4 Å². The Balaban J connectivity index is 2.52. The van der Waals surface area contributed by atoms with Gasteiger partial charge in [-0.2, -0.15) is 0 Å². The Morgan fingerprint density at radius 3 is 2.67 bits per heavy atom. The predicted octanol–water partition coefficient (Wildman–Crippen LogP) is 3.02. The van der Waals surface area contributed by atoms with Gasteiger partial charge in [-0.25, -0.2) is 0 Å². The van der Waals surface area contributed by atoms with E-state index in [9.17, 15) is 4.79 Å². The molecule has 0 saturated heterocycles. The number of carbonyl (C=O) groups is 1. The maximum Gasteiger partial charge on any atom is 0.247 e. The van der Waals surface area contributed by atoms with Crippen molar-refractivity contribution >= 4 is 5.91 Å². The van der Waals surface area contributed by atoms with Crippen LogP contribution >= 0.6 is 0 Å². The first-order valence-electron chi connectivity index (χ1n) is 5.56. The van der Waals surface area contributed by atoms with Crippen LogP contribution in [0.4, 0.5) is 0 Å². The molecule has 2 heteroatoms. The van der Waals surface area contributed by atoms with Gasteiger partial charge in [-0.3, -0.25) is 4.79 Å². The molecule has 1 aliphatic rings. The number of hydrogen-bond acceptors (Lipinski definition) is 1. The third kappa shape index (κ3) is 3.54. The normalized spacial score (nSPS) is 21.8. The summed E-state index contributed by atoms with van der Waals surface area (Å²) in [5, 5.41) is 2.84. The minimum Gasteiger partial charge on any atom is -0.327 e. The molecule has 1 atom stereocenters. The summed E-state index contributed by atoms with van der Waals surface area (Å²) in [4.78, 5) is 11.1. The van der Waals surface area contributed by atoms with Crippen molar-refractivity contribution in [3.8, 4) is 0 Å². The van der Waals surface area contributed by atoms with Crippen LogP contribution in [0.2, 0.25) is 0 Å². The lowest BCUT2D eigenvalue weighted by molar-refractivity contribution is -0.115. The molecule has 0 saturated carbocycles. The Morgan fingerprint density at radius 1 is 1.60 bits per heavy atom. The first-order valence-corrected chi connectivity index (χ1v) is 5.56. The van der Waals surface area contributed by atoms with E-state index in [0.29, 0.717) is 5.41 Å². The van der Waals surface area contributed by atoms with Gasteiger partial charge in [0.1, 0.15) is 0 Å². The van der Waals surface area contributed by atoms with Gasteiger partial charge >= 0.3 is 0 Å². The highest BCUT2D eigenvalue weighted by Gasteiger charge is 2.26. The van der Waals surface area contributed by atoms with Crippen LogP contribution in [0.1, 0.15) is 40.0 Å². The van der Waals surface area contributed by atoms with Crippen LogP contribution < -0.4 is 5.32 Å². The summed E-state index contributed by atoms with van der Waals surface area (Å²) in [6.07, 6.45) is 6.67. The summed E-state index contributed by atoms with van der Waals surface area (Å²) < 4.78 is 0. The number of amides is 1. The zero-order valence-electron chi connectivity index (χ0n) is 9.97. The molecule has 0 spiro atoms. The fraction of sp³-hybridized carbons (Fsp3) is 0.615. The van der Waals surface area contributed by atoms with Crippen LogP contribution in [0.15, 0.2) is 24.4 Å². The number of rotatable bonds is 2. The highest BCUT2D eigenvalue weighted by molar-refractivity contribution is 5.88. The zero-order valence-corrected chi connectivity index (χ0v) is 9.97. The van der Waals surface area contributed by atoms with E-state index in [4.69, 9.17) is 0 Å². The second-order valence-electron chi connectivity index (χ2n) is 5.26. The smallest absolute Gasteiger partial charge is 0.247 e. The predicted molar refractivity (Wildman–Crippen MR) is 63.2 cm³/mol. The fourth-order valence-corrected chi connectivity index (χ4v) is 1.94. The molecule has 84 valence electrons. The molecule has 1 aliphatic carbocycles. The van der Waals surface area contributed by atoms with Crippen molar-refractivity contribution in [3.63, 3.8) is 0 Å². The van der Waals surface area contributed by atoms with Gasteiger partial charge in [0.25, 0.3) is 0 Å². The standard InChI is InChI=1S/C13H21NO/c1-5-12(15)14-11-8-6-10(7-9-11)13(2,3)4/h5,8,10H,1,6-7,9H2,2-4H3,(H,14,15). The minimum atomic E-state index is -0.101. The summed E-state index contributed by atoms with van der Waals surface area (Å²) in [5.41, 5.74) is 1.42. The molecule has 1 rings (SSSR count). The van der Waals surface area contributed by atoms with Gasteiger partial charge < -0.3 is 5.32 Å². The van der Waals surface area contributed by atoms with Crippen molar-refractivity contribution in [1.82, 2.24) is 5.32 Å². The second-order valence-corrected chi connectivity index (χ2v) is 5.26. The average Bonchev–Trinajstić information content (AvgIpc) is 2.17. The molecule has 0 aromatic rings. The highest BCUT2D eigenvalue weighted by Crippen LogP contribution is 2.36. The monoisotopic (exact) mass is 207 g/mol. The number of hydrogen-bond donors (Lipinski definition) is 1. The SMILES string of the molecule is C=CC(=O)NC1=CCC(C(C)(C)C)CC1. The Labute approximate surface area is 92.4 Å². The quantitative estimate of drug-likeness (QED) is 0.693. The lowest BCUT2D eigenvalue weighted by atomic mass is 9.74. The summed E-state index contributed by atoms with van der Waals surface area (Å²) in [7, 11) is 0. The molecule has 0 radical (unpaired) electrons. The fourth-order valence-electron chi connectivity index (χ4n) is 1.94. The molecular weight excluding hydrogens is 186 g/mol. The molecule has 0 heterocycles. The molecule has 0 aromatic carbocycles. The van der Waals surface area contributed by atoms with E-state index in [-0.39, 0.29) is 5.91 Å². The summed E-state index contributed by atoms with van der Waals surface area (Å²) in [5.74, 6) is 0.623. The largest absolute Gasteiger partial charge is 0.327 e. The van der Waals surface area contributed by atoms with Crippen molar-refractivity contribution in [1.29, 1.82) is 0 Å². The summed E-state index contributed by atoms with van der Waals surface area (Å²) in [6.45, 7) is 10.3. The van der Waals surface area contributed by atoms with E-state index in [1.165, 1.54) is 6.08 Å².